The summed E-state index contributed by atoms with van der Waals surface area (Å²) in [4.78, 5) is 20.8. The highest BCUT2D eigenvalue weighted by Gasteiger charge is 2.45. The van der Waals surface area contributed by atoms with Crippen molar-refractivity contribution < 1.29 is 17.9 Å². The highest BCUT2D eigenvalue weighted by molar-refractivity contribution is 7.89. The lowest BCUT2D eigenvalue weighted by molar-refractivity contribution is 0.0602. The van der Waals surface area contributed by atoms with E-state index < -0.39 is 27.3 Å². The number of carbonyl (C=O) groups excluding carboxylic acids is 1. The van der Waals surface area contributed by atoms with Crippen LogP contribution in [0.4, 0.5) is 4.79 Å². The van der Waals surface area contributed by atoms with Gasteiger partial charge in [-0.2, -0.15) is 0 Å². The Kier molecular flexibility index (Phi) is 5.72. The molecule has 30 heavy (non-hydrogen) atoms. The molecular formula is C19H25ClN4O4S2. The van der Waals surface area contributed by atoms with Crippen LogP contribution in [-0.2, 0) is 20.3 Å². The molecular weight excluding hydrogens is 448 g/mol. The smallest absolute Gasteiger partial charge is 0.437 e. The van der Waals surface area contributed by atoms with Crippen LogP contribution in [0.15, 0.2) is 23.2 Å². The van der Waals surface area contributed by atoms with E-state index in [1.54, 1.807) is 33.8 Å². The summed E-state index contributed by atoms with van der Waals surface area (Å²) in [5.41, 5.74) is 0.0755. The number of nitrogens with zero attached hydrogens (tertiary/aromatic N) is 2. The predicted molar refractivity (Wildman–Crippen MR) is 120 cm³/mol. The Morgan fingerprint density at radius 2 is 2.03 bits per heavy atom. The third-order valence-corrected chi connectivity index (χ3v) is 8.24. The average molecular weight is 473 g/mol. The Morgan fingerprint density at radius 1 is 1.37 bits per heavy atom. The highest BCUT2D eigenvalue weighted by atomic mass is 35.5. The van der Waals surface area contributed by atoms with Gasteiger partial charge < -0.3 is 15.0 Å². The van der Waals surface area contributed by atoms with Crippen LogP contribution in [0, 0.1) is 6.92 Å². The average Bonchev–Trinajstić information content (AvgIpc) is 3.16. The number of aryl methyl sites for hydroxylation is 1. The van der Waals surface area contributed by atoms with Crippen molar-refractivity contribution in [1.82, 2.24) is 14.6 Å². The summed E-state index contributed by atoms with van der Waals surface area (Å²) < 4.78 is 31.9. The number of hydrogen-bond acceptors (Lipinski definition) is 5. The van der Waals surface area contributed by atoms with Crippen LogP contribution in [0.5, 0.6) is 0 Å². The maximum absolute atomic E-state index is 12.8. The molecule has 164 valence electrons. The predicted octanol–water partition coefficient (Wildman–Crippen LogP) is 4.08. The third-order valence-electron chi connectivity index (χ3n) is 4.45. The molecule has 11 heteroatoms. The van der Waals surface area contributed by atoms with Gasteiger partial charge in [0.2, 0.25) is 16.0 Å². The Hall–Kier alpha value is -2.04. The monoisotopic (exact) mass is 472 g/mol. The molecule has 0 aliphatic carbocycles. The number of ether oxygens (including phenoxy) is 1. The molecule has 1 amide bonds. The molecule has 1 atom stereocenters. The number of halogens is 1. The van der Waals surface area contributed by atoms with Crippen molar-refractivity contribution in [2.45, 2.75) is 45.8 Å². The van der Waals surface area contributed by atoms with Crippen molar-refractivity contribution in [2.75, 3.05) is 12.8 Å². The first-order chi connectivity index (χ1) is 13.7. The van der Waals surface area contributed by atoms with Crippen molar-refractivity contribution in [2.24, 2.45) is 4.99 Å². The van der Waals surface area contributed by atoms with Gasteiger partial charge in [0.15, 0.2) is 0 Å². The number of rotatable bonds is 2. The lowest BCUT2D eigenvalue weighted by Crippen LogP contribution is -2.61. The fourth-order valence-corrected chi connectivity index (χ4v) is 6.28. The largest absolute Gasteiger partial charge is 0.442 e. The maximum Gasteiger partial charge on any atom is 0.437 e. The van der Waals surface area contributed by atoms with Crippen molar-refractivity contribution >= 4 is 45.0 Å². The molecule has 0 unspecified atom stereocenters. The van der Waals surface area contributed by atoms with E-state index >= 15 is 0 Å². The topological polar surface area (TPSA) is 104 Å². The minimum atomic E-state index is -3.75. The first-order valence-corrected chi connectivity index (χ1v) is 12.0. The van der Waals surface area contributed by atoms with Crippen LogP contribution in [0.25, 0.3) is 10.6 Å². The number of amides is 1. The molecule has 0 spiro atoms. The second-order valence-corrected chi connectivity index (χ2v) is 11.9. The van der Waals surface area contributed by atoms with Crippen LogP contribution in [0.3, 0.4) is 0 Å². The van der Waals surface area contributed by atoms with Gasteiger partial charge in [-0.15, -0.1) is 16.3 Å². The van der Waals surface area contributed by atoms with Gasteiger partial charge in [-0.05, 0) is 52.8 Å². The number of aromatic amines is 1. The Labute approximate surface area is 185 Å². The van der Waals surface area contributed by atoms with E-state index in [1.807, 2.05) is 19.1 Å². The molecule has 0 bridgehead atoms. The second-order valence-electron chi connectivity index (χ2n) is 8.44. The first-order valence-electron chi connectivity index (χ1n) is 9.22. The van der Waals surface area contributed by atoms with Crippen molar-refractivity contribution in [3.05, 3.63) is 33.8 Å². The van der Waals surface area contributed by atoms with Gasteiger partial charge in [0.05, 0.1) is 31.8 Å². The zero-order valence-corrected chi connectivity index (χ0v) is 20.0. The van der Waals surface area contributed by atoms with E-state index in [1.165, 1.54) is 18.4 Å². The molecule has 0 saturated carbocycles. The summed E-state index contributed by atoms with van der Waals surface area (Å²) in [7, 11) is -2.41. The van der Waals surface area contributed by atoms with E-state index in [9.17, 15) is 13.2 Å². The zero-order valence-electron chi connectivity index (χ0n) is 17.7. The van der Waals surface area contributed by atoms with Crippen LogP contribution in [0.1, 0.15) is 38.3 Å². The summed E-state index contributed by atoms with van der Waals surface area (Å²) >= 11 is 7.90. The molecule has 1 saturated heterocycles. The molecule has 3 heterocycles. The van der Waals surface area contributed by atoms with Crippen molar-refractivity contribution in [3.8, 4) is 10.6 Å². The number of sulfonamides is 1. The molecule has 3 rings (SSSR count). The summed E-state index contributed by atoms with van der Waals surface area (Å²) in [6.07, 6.45) is -0.879. The number of aromatic nitrogens is 1. The van der Waals surface area contributed by atoms with Gasteiger partial charge >= 0.3 is 6.09 Å². The number of hydrogen-bond donors (Lipinski definition) is 2. The third kappa shape index (κ3) is 4.65. The van der Waals surface area contributed by atoms with Crippen molar-refractivity contribution in [1.29, 1.82) is 0 Å². The summed E-state index contributed by atoms with van der Waals surface area (Å²) in [6, 6.07) is 5.70. The van der Waals surface area contributed by atoms with Gasteiger partial charge in [0.25, 0.3) is 0 Å². The molecule has 0 radical (unpaired) electrons. The highest BCUT2D eigenvalue weighted by Crippen LogP contribution is 2.42. The van der Waals surface area contributed by atoms with Gasteiger partial charge in [-0.25, -0.2) is 17.5 Å². The number of carbonyl (C=O) groups is 1. The lowest BCUT2D eigenvalue weighted by atomic mass is 10.0. The Balaban J connectivity index is 2.00. The minimum Gasteiger partial charge on any atom is -0.442 e. The van der Waals surface area contributed by atoms with E-state index in [0.717, 1.165) is 20.6 Å². The second kappa shape index (κ2) is 7.58. The van der Waals surface area contributed by atoms with E-state index in [2.05, 4.69) is 15.3 Å². The zero-order chi connectivity index (χ0) is 22.5. The molecule has 0 aromatic carbocycles. The molecule has 2 aromatic heterocycles. The first kappa shape index (κ1) is 22.6. The quantitative estimate of drug-likeness (QED) is 0.685. The summed E-state index contributed by atoms with van der Waals surface area (Å²) in [5.74, 6) is -0.354. The van der Waals surface area contributed by atoms with E-state index in [-0.39, 0.29) is 11.7 Å². The van der Waals surface area contributed by atoms with E-state index in [0.29, 0.717) is 9.90 Å². The number of guanidine groups is 1. The lowest BCUT2D eigenvalue weighted by Gasteiger charge is -2.39. The van der Waals surface area contributed by atoms with Crippen LogP contribution in [0.2, 0.25) is 5.02 Å². The van der Waals surface area contributed by atoms with E-state index in [4.69, 9.17) is 16.3 Å². The maximum atomic E-state index is 12.8. The number of thiophene rings is 1. The minimum absolute atomic E-state index is 0.111. The molecule has 8 nitrogen and oxygen atoms in total. The summed E-state index contributed by atoms with van der Waals surface area (Å²) in [6.45, 7) is 8.80. The van der Waals surface area contributed by atoms with Crippen LogP contribution in [-0.4, -0.2) is 48.2 Å². The SMILES string of the molecule is Cc1ccc(-c2cc(Cl)c([C@]3(C)CS(=O)(=O)N(C)/C(=N/C(=O)OC(C)(C)C)N3)s2)[nH]1. The van der Waals surface area contributed by atoms with Crippen molar-refractivity contribution in [3.63, 3.8) is 0 Å². The fraction of sp³-hybridized carbons (Fsp3) is 0.474. The van der Waals surface area contributed by atoms with Gasteiger partial charge in [0.1, 0.15) is 5.60 Å². The fourth-order valence-electron chi connectivity index (χ4n) is 3.07. The molecule has 1 fully saturated rings. The molecule has 1 aliphatic rings. The van der Waals surface area contributed by atoms with Gasteiger partial charge in [-0.1, -0.05) is 11.6 Å². The normalized spacial score (nSPS) is 22.8. The van der Waals surface area contributed by atoms with Gasteiger partial charge in [0, 0.05) is 12.7 Å². The molecule has 1 aliphatic heterocycles. The summed E-state index contributed by atoms with van der Waals surface area (Å²) in [5, 5.41) is 3.53. The molecule has 2 N–H and O–H groups in total. The Bertz CT molecular complexity index is 1110. The van der Waals surface area contributed by atoms with Gasteiger partial charge in [-0.3, -0.25) is 0 Å². The van der Waals surface area contributed by atoms with Crippen LogP contribution >= 0.6 is 22.9 Å². The molecule has 2 aromatic rings. The van der Waals surface area contributed by atoms with Crippen LogP contribution < -0.4 is 5.32 Å². The standard InChI is InChI=1S/C19H25ClN4O4S2/c1-11-7-8-13(21-11)14-9-12(20)15(29-14)19(5)10-30(26,27)24(6)16(23-19)22-17(25)28-18(2,3)4/h7-9,21H,10H2,1-6H3,(H,22,23,25)/t19-/m0/s1. The number of nitrogens with one attached hydrogen (secondary N) is 2. The Morgan fingerprint density at radius 3 is 2.60 bits per heavy atom. The number of H-pyrrole nitrogens is 1. The number of aliphatic imine (C=N–C) groups is 1.